The molecule has 0 unspecified atom stereocenters. The first-order chi connectivity index (χ1) is 12.6. The van der Waals surface area contributed by atoms with Crippen LogP contribution < -0.4 is 14.7 Å². The van der Waals surface area contributed by atoms with Crippen molar-refractivity contribution in [3.8, 4) is 0 Å². The zero-order valence-corrected chi connectivity index (χ0v) is 16.0. The molecule has 0 fully saturated rings. The van der Waals surface area contributed by atoms with Gasteiger partial charge in [-0.1, -0.05) is 0 Å². The van der Waals surface area contributed by atoms with Gasteiger partial charge in [-0.25, -0.2) is 0 Å². The van der Waals surface area contributed by atoms with Crippen LogP contribution in [-0.4, -0.2) is 99.5 Å². The van der Waals surface area contributed by atoms with Crippen molar-refractivity contribution in [2.75, 3.05) is 89.1 Å². The quantitative estimate of drug-likeness (QED) is 0.395. The maximum absolute atomic E-state index is 9.32. The summed E-state index contributed by atoms with van der Waals surface area (Å²) in [6.07, 6.45) is 0. The van der Waals surface area contributed by atoms with E-state index in [0.717, 1.165) is 0 Å². The molecule has 0 amide bonds. The number of hydrogen-bond donors (Lipinski definition) is 2. The van der Waals surface area contributed by atoms with Crippen LogP contribution >= 0.6 is 0 Å². The number of rotatable bonds is 14. The van der Waals surface area contributed by atoms with Crippen molar-refractivity contribution < 1.29 is 24.4 Å². The van der Waals surface area contributed by atoms with E-state index in [-0.39, 0.29) is 33.4 Å². The highest BCUT2D eigenvalue weighted by Gasteiger charge is 2.19. The third-order valence-corrected chi connectivity index (χ3v) is 3.42. The highest BCUT2D eigenvalue weighted by atomic mass is 16.5. The number of ether oxygens (including phenoxy) is 3. The minimum absolute atomic E-state index is 0.0253. The standard InChI is InChI=1S/C15H30N6O5/c1-5-19(6-8-22)13-16-14(20(7-9-23)10-24-2)18-15(17-13)21(11-25-3)12-26-4/h22-23H,5-12H2,1-4H3. The zero-order chi connectivity index (χ0) is 19.4. The lowest BCUT2D eigenvalue weighted by molar-refractivity contribution is 0.138. The van der Waals surface area contributed by atoms with Crippen molar-refractivity contribution in [3.05, 3.63) is 0 Å². The molecule has 1 aromatic rings. The Morgan fingerprint density at radius 1 is 0.692 bits per heavy atom. The fourth-order valence-electron chi connectivity index (χ4n) is 2.25. The highest BCUT2D eigenvalue weighted by Crippen LogP contribution is 2.19. The van der Waals surface area contributed by atoms with Gasteiger partial charge in [0, 0.05) is 41.0 Å². The molecule has 0 aliphatic heterocycles. The van der Waals surface area contributed by atoms with E-state index in [1.165, 1.54) is 0 Å². The molecule has 1 heterocycles. The second-order valence-corrected chi connectivity index (χ2v) is 5.32. The van der Waals surface area contributed by atoms with Crippen LogP contribution in [0.5, 0.6) is 0 Å². The van der Waals surface area contributed by atoms with Crippen LogP contribution in [0.4, 0.5) is 17.8 Å². The Bertz CT molecular complexity index is 463. The fourth-order valence-corrected chi connectivity index (χ4v) is 2.25. The first kappa shape index (κ1) is 22.3. The lowest BCUT2D eigenvalue weighted by Crippen LogP contribution is -2.35. The molecule has 11 heteroatoms. The Kier molecular flexibility index (Phi) is 10.7. The van der Waals surface area contributed by atoms with Crippen molar-refractivity contribution in [3.63, 3.8) is 0 Å². The first-order valence-corrected chi connectivity index (χ1v) is 8.34. The SMILES string of the molecule is CCN(CCO)c1nc(N(CCO)COC)nc(N(COC)COC)n1. The molecule has 0 aromatic carbocycles. The summed E-state index contributed by atoms with van der Waals surface area (Å²) < 4.78 is 15.6. The Hall–Kier alpha value is -1.79. The minimum Gasteiger partial charge on any atom is -0.395 e. The van der Waals surface area contributed by atoms with Crippen LogP contribution in [0.15, 0.2) is 0 Å². The van der Waals surface area contributed by atoms with E-state index in [2.05, 4.69) is 15.0 Å². The molecular formula is C15H30N6O5. The first-order valence-electron chi connectivity index (χ1n) is 8.34. The maximum Gasteiger partial charge on any atom is 0.235 e. The fraction of sp³-hybridized carbons (Fsp3) is 0.800. The molecule has 0 radical (unpaired) electrons. The smallest absolute Gasteiger partial charge is 0.235 e. The lowest BCUT2D eigenvalue weighted by atomic mass is 10.5. The van der Waals surface area contributed by atoms with Gasteiger partial charge in [0.25, 0.3) is 0 Å². The van der Waals surface area contributed by atoms with Crippen molar-refractivity contribution >= 4 is 17.8 Å². The van der Waals surface area contributed by atoms with Gasteiger partial charge in [-0.3, -0.25) is 4.90 Å². The van der Waals surface area contributed by atoms with Gasteiger partial charge in [0.15, 0.2) is 0 Å². The lowest BCUT2D eigenvalue weighted by Gasteiger charge is -2.27. The molecule has 1 aromatic heterocycles. The number of aromatic nitrogens is 3. The minimum atomic E-state index is -0.0757. The molecule has 0 aliphatic rings. The molecule has 0 spiro atoms. The predicted molar refractivity (Wildman–Crippen MR) is 97.3 cm³/mol. The second kappa shape index (κ2) is 12.5. The van der Waals surface area contributed by atoms with E-state index in [1.54, 1.807) is 31.1 Å². The Morgan fingerprint density at radius 3 is 1.50 bits per heavy atom. The summed E-state index contributed by atoms with van der Waals surface area (Å²) in [6, 6.07) is 0. The topological polar surface area (TPSA) is 117 Å². The largest absolute Gasteiger partial charge is 0.395 e. The van der Waals surface area contributed by atoms with Gasteiger partial charge in [-0.2, -0.15) is 15.0 Å². The van der Waals surface area contributed by atoms with Gasteiger partial charge in [-0.05, 0) is 6.92 Å². The normalized spacial score (nSPS) is 10.8. The molecule has 0 bridgehead atoms. The van der Waals surface area contributed by atoms with Crippen LogP contribution in [0.2, 0.25) is 0 Å². The number of anilines is 3. The summed E-state index contributed by atoms with van der Waals surface area (Å²) in [5.74, 6) is 1.14. The average Bonchev–Trinajstić information content (AvgIpc) is 2.65. The van der Waals surface area contributed by atoms with E-state index in [1.807, 2.05) is 11.8 Å². The van der Waals surface area contributed by atoms with Gasteiger partial charge in [0.1, 0.15) is 20.2 Å². The Balaban J connectivity index is 3.35. The van der Waals surface area contributed by atoms with E-state index >= 15 is 0 Å². The Morgan fingerprint density at radius 2 is 1.08 bits per heavy atom. The molecule has 1 rings (SSSR count). The van der Waals surface area contributed by atoms with Crippen molar-refractivity contribution in [2.45, 2.75) is 6.92 Å². The zero-order valence-electron chi connectivity index (χ0n) is 16.0. The number of aliphatic hydroxyl groups excluding tert-OH is 2. The van der Waals surface area contributed by atoms with E-state index in [0.29, 0.717) is 37.5 Å². The van der Waals surface area contributed by atoms with E-state index in [9.17, 15) is 10.2 Å². The van der Waals surface area contributed by atoms with Gasteiger partial charge in [0.05, 0.1) is 13.2 Å². The number of likely N-dealkylation sites (N-methyl/N-ethyl adjacent to an activating group) is 1. The highest BCUT2D eigenvalue weighted by molar-refractivity contribution is 5.46. The summed E-state index contributed by atoms with van der Waals surface area (Å²) in [5, 5.41) is 18.6. The number of hydrogen-bond acceptors (Lipinski definition) is 11. The second-order valence-electron chi connectivity index (χ2n) is 5.32. The molecule has 0 atom stereocenters. The molecule has 150 valence electrons. The van der Waals surface area contributed by atoms with Crippen LogP contribution in [0, 0.1) is 0 Å². The van der Waals surface area contributed by atoms with E-state index < -0.39 is 0 Å². The average molecular weight is 374 g/mol. The summed E-state index contributed by atoms with van der Waals surface area (Å²) >= 11 is 0. The third kappa shape index (κ3) is 6.50. The molecule has 26 heavy (non-hydrogen) atoms. The molecule has 0 aliphatic carbocycles. The molecule has 2 N–H and O–H groups in total. The monoisotopic (exact) mass is 374 g/mol. The van der Waals surface area contributed by atoms with Crippen molar-refractivity contribution in [1.29, 1.82) is 0 Å². The Labute approximate surface area is 154 Å². The third-order valence-electron chi connectivity index (χ3n) is 3.42. The number of methoxy groups -OCH3 is 3. The number of aliphatic hydroxyl groups is 2. The molecular weight excluding hydrogens is 344 g/mol. The van der Waals surface area contributed by atoms with Gasteiger partial charge in [0.2, 0.25) is 17.8 Å². The van der Waals surface area contributed by atoms with Crippen molar-refractivity contribution in [2.24, 2.45) is 0 Å². The summed E-state index contributed by atoms with van der Waals surface area (Å²) in [4.78, 5) is 18.7. The van der Waals surface area contributed by atoms with Gasteiger partial charge >= 0.3 is 0 Å². The van der Waals surface area contributed by atoms with Gasteiger partial charge in [-0.15, -0.1) is 0 Å². The van der Waals surface area contributed by atoms with Gasteiger partial charge < -0.3 is 34.2 Å². The maximum atomic E-state index is 9.32. The summed E-state index contributed by atoms with van der Waals surface area (Å²) in [5.41, 5.74) is 0. The molecule has 0 saturated heterocycles. The predicted octanol–water partition coefficient (Wildman–Crippen LogP) is -0.893. The number of nitrogens with zero attached hydrogens (tertiary/aromatic N) is 6. The summed E-state index contributed by atoms with van der Waals surface area (Å²) in [7, 11) is 4.69. The van der Waals surface area contributed by atoms with Crippen molar-refractivity contribution in [1.82, 2.24) is 15.0 Å². The van der Waals surface area contributed by atoms with Crippen LogP contribution in [0.25, 0.3) is 0 Å². The van der Waals surface area contributed by atoms with Crippen LogP contribution in [0.1, 0.15) is 6.92 Å². The van der Waals surface area contributed by atoms with Crippen LogP contribution in [-0.2, 0) is 14.2 Å². The van der Waals surface area contributed by atoms with E-state index in [4.69, 9.17) is 14.2 Å². The van der Waals surface area contributed by atoms with Crippen LogP contribution in [0.3, 0.4) is 0 Å². The molecule has 0 saturated carbocycles. The summed E-state index contributed by atoms with van der Waals surface area (Å²) in [6.45, 7) is 3.82. The molecule has 11 nitrogen and oxygen atoms in total.